The molecule has 0 saturated carbocycles. The summed E-state index contributed by atoms with van der Waals surface area (Å²) in [6.07, 6.45) is -2.48. The van der Waals surface area contributed by atoms with Gasteiger partial charge in [-0.2, -0.15) is 4.98 Å². The fraction of sp³-hybridized carbons (Fsp3) is 0.350. The highest BCUT2D eigenvalue weighted by Crippen LogP contribution is 2.36. The summed E-state index contributed by atoms with van der Waals surface area (Å²) in [4.78, 5) is 30.2. The zero-order valence-corrected chi connectivity index (χ0v) is 17.3. The van der Waals surface area contributed by atoms with Crippen molar-refractivity contribution in [3.8, 4) is 0 Å². The predicted molar refractivity (Wildman–Crippen MR) is 113 cm³/mol. The number of rotatable bonds is 8. The number of nitrogens with two attached hydrogens (primary N) is 1. The largest absolute Gasteiger partial charge is 0.461 e. The van der Waals surface area contributed by atoms with Gasteiger partial charge in [-0.25, -0.2) is 9.59 Å². The minimum Gasteiger partial charge on any atom is -0.461 e. The number of nitrogen functional groups attached to an aromatic ring is 1. The van der Waals surface area contributed by atoms with Crippen LogP contribution in [0.1, 0.15) is 5.56 Å². The first-order valence-electron chi connectivity index (χ1n) is 9.37. The summed E-state index contributed by atoms with van der Waals surface area (Å²) >= 11 is 1.44. The number of benzene rings is 1. The maximum Gasteiger partial charge on any atom is 0.363 e. The Kier molecular flexibility index (Phi) is 7.13. The Hall–Kier alpha value is -2.70. The summed E-state index contributed by atoms with van der Waals surface area (Å²) in [6, 6.07) is 9.43. The summed E-state index contributed by atoms with van der Waals surface area (Å²) in [5.41, 5.74) is 2.41. The van der Waals surface area contributed by atoms with Crippen molar-refractivity contribution in [1.82, 2.24) is 9.55 Å². The lowest BCUT2D eigenvalue weighted by Gasteiger charge is -2.31. The number of nitrogens with zero attached hydrogens (tertiary/aromatic N) is 2. The molecule has 2 heterocycles. The summed E-state index contributed by atoms with van der Waals surface area (Å²) in [7, 11) is 0. The number of carbonyl (C=O) groups excluding carboxylic acids is 1. The second kappa shape index (κ2) is 9.62. The van der Waals surface area contributed by atoms with Crippen molar-refractivity contribution in [3.63, 3.8) is 0 Å². The van der Waals surface area contributed by atoms with Crippen LogP contribution in [0.15, 0.2) is 52.8 Å². The van der Waals surface area contributed by atoms with Gasteiger partial charge in [0.1, 0.15) is 30.7 Å². The van der Waals surface area contributed by atoms with Gasteiger partial charge < -0.3 is 30.5 Å². The number of carbonyl (C=O) groups is 1. The number of thioether (sulfide) groups is 1. The van der Waals surface area contributed by atoms with Crippen molar-refractivity contribution < 1.29 is 29.6 Å². The Labute approximate surface area is 181 Å². The Morgan fingerprint density at radius 2 is 2.10 bits per heavy atom. The van der Waals surface area contributed by atoms with E-state index in [1.54, 1.807) is 0 Å². The number of esters is 1. The van der Waals surface area contributed by atoms with E-state index in [9.17, 15) is 24.9 Å². The van der Waals surface area contributed by atoms with Crippen molar-refractivity contribution in [2.75, 3.05) is 24.7 Å². The number of aliphatic hydroxyl groups excluding tert-OH is 3. The highest BCUT2D eigenvalue weighted by Gasteiger charge is 2.62. The molecule has 1 aromatic heterocycles. The third kappa shape index (κ3) is 4.36. The van der Waals surface area contributed by atoms with Gasteiger partial charge in [0.2, 0.25) is 0 Å². The number of aliphatic hydroxyl groups is 3. The molecule has 0 radical (unpaired) electrons. The molecule has 11 heteroatoms. The highest BCUT2D eigenvalue weighted by atomic mass is 32.2. The van der Waals surface area contributed by atoms with Crippen molar-refractivity contribution in [2.24, 2.45) is 0 Å². The number of anilines is 1. The number of hydrogen-bond donors (Lipinski definition) is 4. The summed E-state index contributed by atoms with van der Waals surface area (Å²) in [6.45, 7) is 2.79. The van der Waals surface area contributed by atoms with Gasteiger partial charge in [0.25, 0.3) is 5.72 Å². The quantitative estimate of drug-likeness (QED) is 0.237. The fourth-order valence-electron chi connectivity index (χ4n) is 3.21. The molecule has 0 amide bonds. The maximum atomic E-state index is 13.1. The van der Waals surface area contributed by atoms with E-state index in [1.165, 1.54) is 17.8 Å². The zero-order valence-electron chi connectivity index (χ0n) is 16.5. The van der Waals surface area contributed by atoms with Gasteiger partial charge in [-0.05, 0) is 12.1 Å². The first-order valence-corrected chi connectivity index (χ1v) is 10.4. The number of aromatic nitrogens is 2. The van der Waals surface area contributed by atoms with Gasteiger partial charge in [0, 0.05) is 22.4 Å². The molecular formula is C20H23N3O7S. The molecule has 3 rings (SSSR count). The summed E-state index contributed by atoms with van der Waals surface area (Å²) < 4.78 is 11.5. The topological polar surface area (TPSA) is 157 Å². The van der Waals surface area contributed by atoms with Crippen molar-refractivity contribution in [1.29, 1.82) is 0 Å². The second-order valence-corrected chi connectivity index (χ2v) is 7.87. The molecule has 5 N–H and O–H groups in total. The molecular weight excluding hydrogens is 426 g/mol. The molecule has 4 atom stereocenters. The average Bonchev–Trinajstić information content (AvgIpc) is 3.03. The van der Waals surface area contributed by atoms with Crippen LogP contribution in [0.2, 0.25) is 0 Å². The minimum atomic E-state index is -2.46. The van der Waals surface area contributed by atoms with Gasteiger partial charge in [0.15, 0.2) is 0 Å². The van der Waals surface area contributed by atoms with Crippen molar-refractivity contribution in [2.45, 2.75) is 28.9 Å². The van der Waals surface area contributed by atoms with E-state index in [0.717, 1.165) is 11.1 Å². The molecule has 1 aromatic carbocycles. The van der Waals surface area contributed by atoms with Crippen LogP contribution < -0.4 is 11.4 Å². The molecule has 2 aromatic rings. The van der Waals surface area contributed by atoms with Crippen LogP contribution in [0.25, 0.3) is 6.08 Å². The lowest BCUT2D eigenvalue weighted by atomic mass is 10.0. The van der Waals surface area contributed by atoms with Gasteiger partial charge in [-0.15, -0.1) is 11.8 Å². The Morgan fingerprint density at radius 3 is 2.71 bits per heavy atom. The van der Waals surface area contributed by atoms with Crippen molar-refractivity contribution in [3.05, 3.63) is 59.2 Å². The van der Waals surface area contributed by atoms with Gasteiger partial charge >= 0.3 is 11.7 Å². The lowest BCUT2D eigenvalue weighted by molar-refractivity contribution is -0.201. The molecule has 1 saturated heterocycles. The summed E-state index contributed by atoms with van der Waals surface area (Å²) in [5.74, 6) is -0.862. The van der Waals surface area contributed by atoms with E-state index in [-0.39, 0.29) is 18.0 Å². The molecule has 1 fully saturated rings. The van der Waals surface area contributed by atoms with Gasteiger partial charge in [0.05, 0.1) is 6.61 Å². The molecule has 10 nitrogen and oxygen atoms in total. The molecule has 31 heavy (non-hydrogen) atoms. The molecule has 0 aliphatic carbocycles. The molecule has 166 valence electrons. The molecule has 0 unspecified atom stereocenters. The average molecular weight is 449 g/mol. The number of ether oxygens (including phenoxy) is 2. The standard InChI is InChI=1S/C20H23N3O7S/c1-2-12-10-23(19(28)22-17(12)21)20(16(26)15(25)14(11-24)30-20)18(27)29-8-9-31-13-6-4-3-5-7-13/h2-7,10,14-16,24-26H,1,8-9,11H2,(H2,21,22,28)/t14-,15-,16-,20+/m1/s1. The minimum absolute atomic E-state index is 0.0679. The monoisotopic (exact) mass is 449 g/mol. The van der Waals surface area contributed by atoms with Gasteiger partial charge in [-0.1, -0.05) is 30.9 Å². The van der Waals surface area contributed by atoms with Crippen LogP contribution in [-0.2, 0) is 20.0 Å². The first-order chi connectivity index (χ1) is 14.8. The Bertz CT molecular complexity index is 1000. The maximum absolute atomic E-state index is 13.1. The van der Waals surface area contributed by atoms with Crippen LogP contribution in [0.5, 0.6) is 0 Å². The first kappa shape index (κ1) is 23.0. The van der Waals surface area contributed by atoms with Crippen LogP contribution in [0.4, 0.5) is 5.82 Å². The second-order valence-electron chi connectivity index (χ2n) is 6.71. The third-order valence-electron chi connectivity index (χ3n) is 4.80. The molecule has 1 aliphatic rings. The SMILES string of the molecule is C=Cc1cn([C@]2(C(=O)OCCSc3ccccc3)O[C@H](CO)[C@@H](O)[C@H]2O)c(=O)nc1N. The Morgan fingerprint density at radius 1 is 1.39 bits per heavy atom. The van der Waals surface area contributed by atoms with Crippen LogP contribution in [0.3, 0.4) is 0 Å². The van der Waals surface area contributed by atoms with Crippen LogP contribution in [-0.4, -0.2) is 68.1 Å². The normalized spacial score (nSPS) is 25.3. The van der Waals surface area contributed by atoms with E-state index in [2.05, 4.69) is 11.6 Å². The lowest BCUT2D eigenvalue weighted by Crippen LogP contribution is -2.56. The molecule has 0 bridgehead atoms. The van der Waals surface area contributed by atoms with E-state index in [0.29, 0.717) is 10.3 Å². The van der Waals surface area contributed by atoms with E-state index >= 15 is 0 Å². The smallest absolute Gasteiger partial charge is 0.363 e. The van der Waals surface area contributed by atoms with E-state index in [1.807, 2.05) is 30.3 Å². The van der Waals surface area contributed by atoms with Crippen LogP contribution >= 0.6 is 11.8 Å². The molecule has 1 aliphatic heterocycles. The van der Waals surface area contributed by atoms with E-state index in [4.69, 9.17) is 15.2 Å². The van der Waals surface area contributed by atoms with Crippen LogP contribution in [0, 0.1) is 0 Å². The zero-order chi connectivity index (χ0) is 22.6. The van der Waals surface area contributed by atoms with Gasteiger partial charge in [-0.3, -0.25) is 4.57 Å². The fourth-order valence-corrected chi connectivity index (χ4v) is 3.96. The predicted octanol–water partition coefficient (Wildman–Crippen LogP) is -0.430. The van der Waals surface area contributed by atoms with Crippen molar-refractivity contribution >= 4 is 29.6 Å². The number of hydrogen-bond acceptors (Lipinski definition) is 10. The summed E-state index contributed by atoms with van der Waals surface area (Å²) in [5, 5.41) is 30.4. The van der Waals surface area contributed by atoms with E-state index < -0.39 is 42.3 Å². The highest BCUT2D eigenvalue weighted by molar-refractivity contribution is 7.99. The molecule has 0 spiro atoms. The Balaban J connectivity index is 1.90. The third-order valence-corrected chi connectivity index (χ3v) is 5.78.